The van der Waals surface area contributed by atoms with Crippen LogP contribution in [-0.4, -0.2) is 35.4 Å². The third kappa shape index (κ3) is 2.75. The van der Waals surface area contributed by atoms with Gasteiger partial charge in [-0.25, -0.2) is 4.39 Å². The van der Waals surface area contributed by atoms with Gasteiger partial charge in [0.05, 0.1) is 10.6 Å². The minimum Gasteiger partial charge on any atom is -0.337 e. The molecule has 2 rings (SSSR count). The Kier molecular flexibility index (Phi) is 3.94. The highest BCUT2D eigenvalue weighted by molar-refractivity contribution is 7.99. The van der Waals surface area contributed by atoms with Gasteiger partial charge in [0.25, 0.3) is 5.91 Å². The Morgan fingerprint density at radius 2 is 2.35 bits per heavy atom. The molecule has 17 heavy (non-hydrogen) atoms. The molecule has 0 radical (unpaired) electrons. The summed E-state index contributed by atoms with van der Waals surface area (Å²) in [6.07, 6.45) is 3.05. The number of carbonyl (C=O) groups is 1. The number of hydrogen-bond acceptors (Lipinski definition) is 2. The summed E-state index contributed by atoms with van der Waals surface area (Å²) in [7, 11) is 0. The van der Waals surface area contributed by atoms with Crippen molar-refractivity contribution >= 4 is 29.3 Å². The highest BCUT2D eigenvalue weighted by Crippen LogP contribution is 2.24. The molecule has 0 saturated carbocycles. The van der Waals surface area contributed by atoms with Gasteiger partial charge in [-0.1, -0.05) is 11.6 Å². The van der Waals surface area contributed by atoms with E-state index in [0.717, 1.165) is 19.5 Å². The van der Waals surface area contributed by atoms with Crippen molar-refractivity contribution in [1.29, 1.82) is 0 Å². The number of amides is 1. The standard InChI is InChI=1S/C12H13ClFNOS/c1-17-9-4-5-15(7-9)12(16)10-3-2-8(14)6-11(10)13/h2-3,6,9H,4-5,7H2,1H3/t9-/m1/s1. The molecule has 1 aromatic carbocycles. The lowest BCUT2D eigenvalue weighted by molar-refractivity contribution is 0.0793. The summed E-state index contributed by atoms with van der Waals surface area (Å²) in [4.78, 5) is 13.9. The largest absolute Gasteiger partial charge is 0.337 e. The van der Waals surface area contributed by atoms with Gasteiger partial charge in [0, 0.05) is 18.3 Å². The summed E-state index contributed by atoms with van der Waals surface area (Å²) >= 11 is 7.65. The van der Waals surface area contributed by atoms with Crippen LogP contribution in [-0.2, 0) is 0 Å². The highest BCUT2D eigenvalue weighted by Gasteiger charge is 2.27. The molecule has 92 valence electrons. The van der Waals surface area contributed by atoms with E-state index in [1.54, 1.807) is 16.7 Å². The van der Waals surface area contributed by atoms with Crippen LogP contribution in [0.4, 0.5) is 4.39 Å². The average Bonchev–Trinajstić information content (AvgIpc) is 2.76. The maximum atomic E-state index is 12.9. The molecule has 0 spiro atoms. The highest BCUT2D eigenvalue weighted by atomic mass is 35.5. The molecule has 0 unspecified atom stereocenters. The molecule has 1 amide bonds. The quantitative estimate of drug-likeness (QED) is 0.825. The smallest absolute Gasteiger partial charge is 0.255 e. The molecule has 1 aliphatic heterocycles. The van der Waals surface area contributed by atoms with Gasteiger partial charge in [-0.2, -0.15) is 11.8 Å². The Morgan fingerprint density at radius 3 is 2.94 bits per heavy atom. The van der Waals surface area contributed by atoms with E-state index in [-0.39, 0.29) is 10.9 Å². The first-order chi connectivity index (χ1) is 8.11. The van der Waals surface area contributed by atoms with Gasteiger partial charge in [0.1, 0.15) is 5.82 Å². The third-order valence-corrected chi connectivity index (χ3v) is 4.29. The lowest BCUT2D eigenvalue weighted by Crippen LogP contribution is -2.29. The summed E-state index contributed by atoms with van der Waals surface area (Å²) in [6.45, 7) is 1.49. The Bertz CT molecular complexity index is 441. The van der Waals surface area contributed by atoms with Crippen molar-refractivity contribution in [3.63, 3.8) is 0 Å². The maximum Gasteiger partial charge on any atom is 0.255 e. The van der Waals surface area contributed by atoms with Crippen molar-refractivity contribution < 1.29 is 9.18 Å². The van der Waals surface area contributed by atoms with Crippen LogP contribution in [0.3, 0.4) is 0 Å². The van der Waals surface area contributed by atoms with E-state index in [0.29, 0.717) is 10.8 Å². The van der Waals surface area contributed by atoms with Crippen LogP contribution in [0.5, 0.6) is 0 Å². The number of carbonyl (C=O) groups excluding carboxylic acids is 1. The number of hydrogen-bond donors (Lipinski definition) is 0. The number of nitrogens with zero attached hydrogens (tertiary/aromatic N) is 1. The minimum absolute atomic E-state index is 0.105. The zero-order valence-corrected chi connectivity index (χ0v) is 11.0. The van der Waals surface area contributed by atoms with E-state index in [4.69, 9.17) is 11.6 Å². The van der Waals surface area contributed by atoms with Gasteiger partial charge in [-0.05, 0) is 30.9 Å². The van der Waals surface area contributed by atoms with Gasteiger partial charge in [0.15, 0.2) is 0 Å². The molecular formula is C12H13ClFNOS. The molecule has 1 saturated heterocycles. The van der Waals surface area contributed by atoms with Gasteiger partial charge in [-0.15, -0.1) is 0 Å². The summed E-state index contributed by atoms with van der Waals surface area (Å²) in [5.41, 5.74) is 0.384. The number of halogens is 2. The van der Waals surface area contributed by atoms with E-state index in [1.165, 1.54) is 18.2 Å². The molecule has 1 atom stereocenters. The topological polar surface area (TPSA) is 20.3 Å². The first kappa shape index (κ1) is 12.7. The molecule has 5 heteroatoms. The second kappa shape index (κ2) is 5.27. The van der Waals surface area contributed by atoms with Crippen molar-refractivity contribution in [3.8, 4) is 0 Å². The second-order valence-electron chi connectivity index (χ2n) is 4.02. The molecule has 0 aliphatic carbocycles. The van der Waals surface area contributed by atoms with Crippen LogP contribution in [0, 0.1) is 5.82 Å². The molecule has 1 heterocycles. The van der Waals surface area contributed by atoms with Crippen LogP contribution in [0.25, 0.3) is 0 Å². The zero-order valence-electron chi connectivity index (χ0n) is 9.45. The van der Waals surface area contributed by atoms with Gasteiger partial charge in [0.2, 0.25) is 0 Å². The normalized spacial score (nSPS) is 19.7. The van der Waals surface area contributed by atoms with Gasteiger partial charge < -0.3 is 4.90 Å². The average molecular weight is 274 g/mol. The van der Waals surface area contributed by atoms with Gasteiger partial charge in [-0.3, -0.25) is 4.79 Å². The number of likely N-dealkylation sites (tertiary alicyclic amines) is 1. The third-order valence-electron chi connectivity index (χ3n) is 2.93. The molecule has 1 aliphatic rings. The fraction of sp³-hybridized carbons (Fsp3) is 0.417. The Hall–Kier alpha value is -0.740. The van der Waals surface area contributed by atoms with Gasteiger partial charge >= 0.3 is 0 Å². The lowest BCUT2D eigenvalue weighted by Gasteiger charge is -2.16. The monoisotopic (exact) mass is 273 g/mol. The summed E-state index contributed by atoms with van der Waals surface area (Å²) < 4.78 is 12.9. The van der Waals surface area contributed by atoms with Crippen LogP contribution in [0.15, 0.2) is 18.2 Å². The number of thioether (sulfide) groups is 1. The predicted octanol–water partition coefficient (Wildman–Crippen LogP) is 3.06. The zero-order chi connectivity index (χ0) is 12.4. The molecule has 1 aromatic rings. The molecule has 1 fully saturated rings. The molecule has 0 aromatic heterocycles. The van der Waals surface area contributed by atoms with Crippen molar-refractivity contribution in [2.24, 2.45) is 0 Å². The molecular weight excluding hydrogens is 261 g/mol. The van der Waals surface area contributed by atoms with Crippen LogP contribution in [0.1, 0.15) is 16.8 Å². The van der Waals surface area contributed by atoms with Crippen molar-refractivity contribution in [2.45, 2.75) is 11.7 Å². The Labute approximate surface area is 109 Å². The van der Waals surface area contributed by atoms with E-state index in [2.05, 4.69) is 0 Å². The Balaban J connectivity index is 2.15. The first-order valence-corrected chi connectivity index (χ1v) is 7.05. The van der Waals surface area contributed by atoms with E-state index in [1.807, 2.05) is 6.26 Å². The molecule has 0 N–H and O–H groups in total. The maximum absolute atomic E-state index is 12.9. The van der Waals surface area contributed by atoms with Crippen molar-refractivity contribution in [3.05, 3.63) is 34.6 Å². The predicted molar refractivity (Wildman–Crippen MR) is 69.2 cm³/mol. The first-order valence-electron chi connectivity index (χ1n) is 5.39. The van der Waals surface area contributed by atoms with Crippen LogP contribution >= 0.6 is 23.4 Å². The molecule has 2 nitrogen and oxygen atoms in total. The second-order valence-corrected chi connectivity index (χ2v) is 5.57. The number of benzene rings is 1. The van der Waals surface area contributed by atoms with E-state index < -0.39 is 5.82 Å². The van der Waals surface area contributed by atoms with Crippen LogP contribution < -0.4 is 0 Å². The van der Waals surface area contributed by atoms with Crippen molar-refractivity contribution in [2.75, 3.05) is 19.3 Å². The van der Waals surface area contributed by atoms with Crippen molar-refractivity contribution in [1.82, 2.24) is 4.90 Å². The number of rotatable bonds is 2. The summed E-state index contributed by atoms with van der Waals surface area (Å²) in [6, 6.07) is 3.89. The van der Waals surface area contributed by atoms with E-state index in [9.17, 15) is 9.18 Å². The lowest BCUT2D eigenvalue weighted by atomic mass is 10.2. The van der Waals surface area contributed by atoms with Crippen LogP contribution in [0.2, 0.25) is 5.02 Å². The fourth-order valence-electron chi connectivity index (χ4n) is 1.94. The minimum atomic E-state index is -0.421. The SMILES string of the molecule is CS[C@@H]1CCN(C(=O)c2ccc(F)cc2Cl)C1. The molecule has 0 bridgehead atoms. The summed E-state index contributed by atoms with van der Waals surface area (Å²) in [5.74, 6) is -0.526. The fourth-order valence-corrected chi connectivity index (χ4v) is 2.86. The Morgan fingerprint density at radius 1 is 1.59 bits per heavy atom. The summed E-state index contributed by atoms with van der Waals surface area (Å²) in [5, 5.41) is 0.681. The van der Waals surface area contributed by atoms with E-state index >= 15 is 0 Å².